The maximum absolute atomic E-state index is 12.4. The molecular formula is C14H19N3O5S. The molecule has 8 nitrogen and oxygen atoms in total. The number of pyridine rings is 2. The molecule has 0 aliphatic heterocycles. The van der Waals surface area contributed by atoms with Crippen molar-refractivity contribution >= 4 is 26.8 Å². The van der Waals surface area contributed by atoms with Crippen molar-refractivity contribution in [1.29, 1.82) is 0 Å². The molecule has 9 heteroatoms. The van der Waals surface area contributed by atoms with E-state index >= 15 is 0 Å². The summed E-state index contributed by atoms with van der Waals surface area (Å²) in [6.45, 7) is 3.26. The molecule has 0 aromatic carbocycles. The highest BCUT2D eigenvalue weighted by Crippen LogP contribution is 2.17. The molecule has 2 heterocycles. The second-order valence-corrected chi connectivity index (χ2v) is 6.45. The molecule has 0 aliphatic rings. The highest BCUT2D eigenvalue weighted by atomic mass is 32.2. The van der Waals surface area contributed by atoms with Crippen molar-refractivity contribution in [2.24, 2.45) is 0 Å². The van der Waals surface area contributed by atoms with E-state index in [1.807, 2.05) is 0 Å². The number of anilines is 1. The van der Waals surface area contributed by atoms with Crippen molar-refractivity contribution in [3.63, 3.8) is 0 Å². The summed E-state index contributed by atoms with van der Waals surface area (Å²) in [7, 11) is -2.68. The maximum Gasteiger partial charge on any atom is 0.269 e. The molecule has 2 N–H and O–H groups in total. The Morgan fingerprint density at radius 1 is 1.39 bits per heavy atom. The maximum atomic E-state index is 12.4. The van der Waals surface area contributed by atoms with E-state index in [0.29, 0.717) is 36.4 Å². The third-order valence-electron chi connectivity index (χ3n) is 3.32. The van der Waals surface area contributed by atoms with Gasteiger partial charge in [0, 0.05) is 43.4 Å². The summed E-state index contributed by atoms with van der Waals surface area (Å²) in [4.78, 5) is 16.6. The van der Waals surface area contributed by atoms with Gasteiger partial charge in [0.1, 0.15) is 11.6 Å². The van der Waals surface area contributed by atoms with Gasteiger partial charge in [-0.3, -0.25) is 9.35 Å². The predicted octanol–water partition coefficient (Wildman–Crippen LogP) is 0.863. The Morgan fingerprint density at radius 2 is 2.13 bits per heavy atom. The number of methoxy groups -OCH3 is 1. The summed E-state index contributed by atoms with van der Waals surface area (Å²) in [6, 6.07) is 3.18. The van der Waals surface area contributed by atoms with E-state index in [-0.39, 0.29) is 5.56 Å². The summed E-state index contributed by atoms with van der Waals surface area (Å²) in [6.07, 6.45) is 1.56. The second-order valence-electron chi connectivity index (χ2n) is 4.99. The van der Waals surface area contributed by atoms with Crippen molar-refractivity contribution in [2.45, 2.75) is 19.2 Å². The standard InChI is InChI=1S/C14H19N3O5S/c1-3-17-12-7-13(15-4-5-22-2)16-8-10(12)6-11(14(17)18)9-23(19,20)21/h6-8H,3-5,9H2,1-2H3,(H,15,16)(H,19,20,21). The van der Waals surface area contributed by atoms with E-state index in [9.17, 15) is 13.2 Å². The largest absolute Gasteiger partial charge is 0.383 e. The summed E-state index contributed by atoms with van der Waals surface area (Å²) in [5, 5.41) is 3.70. The first-order chi connectivity index (χ1) is 10.9. The van der Waals surface area contributed by atoms with Crippen molar-refractivity contribution in [3.05, 3.63) is 34.2 Å². The molecule has 0 radical (unpaired) electrons. The monoisotopic (exact) mass is 341 g/mol. The van der Waals surface area contributed by atoms with Crippen molar-refractivity contribution in [2.75, 3.05) is 25.6 Å². The van der Waals surface area contributed by atoms with Gasteiger partial charge in [-0.05, 0) is 13.0 Å². The first-order valence-corrected chi connectivity index (χ1v) is 8.67. The number of rotatable bonds is 7. The molecule has 2 rings (SSSR count). The molecule has 0 atom stereocenters. The van der Waals surface area contributed by atoms with Gasteiger partial charge in [0.2, 0.25) is 0 Å². The number of nitrogens with zero attached hydrogens (tertiary/aromatic N) is 2. The van der Waals surface area contributed by atoms with E-state index in [1.54, 1.807) is 26.3 Å². The van der Waals surface area contributed by atoms with Gasteiger partial charge >= 0.3 is 0 Å². The lowest BCUT2D eigenvalue weighted by atomic mass is 10.2. The lowest BCUT2D eigenvalue weighted by Crippen LogP contribution is -2.25. The quantitative estimate of drug-likeness (QED) is 0.567. The fourth-order valence-electron chi connectivity index (χ4n) is 2.32. The Bertz CT molecular complexity index is 861. The van der Waals surface area contributed by atoms with Gasteiger partial charge in [-0.2, -0.15) is 8.42 Å². The number of aryl methyl sites for hydroxylation is 1. The first-order valence-electron chi connectivity index (χ1n) is 7.06. The zero-order chi connectivity index (χ0) is 17.0. The van der Waals surface area contributed by atoms with Crippen LogP contribution < -0.4 is 10.9 Å². The molecule has 0 spiro atoms. The molecular weight excluding hydrogens is 322 g/mol. The molecule has 23 heavy (non-hydrogen) atoms. The van der Waals surface area contributed by atoms with Crippen LogP contribution in [0.5, 0.6) is 0 Å². The van der Waals surface area contributed by atoms with Gasteiger partial charge in [-0.15, -0.1) is 0 Å². The Balaban J connectivity index is 2.51. The molecule has 0 saturated heterocycles. The van der Waals surface area contributed by atoms with Gasteiger partial charge < -0.3 is 14.6 Å². The van der Waals surface area contributed by atoms with Gasteiger partial charge in [-0.1, -0.05) is 0 Å². The number of hydrogen-bond acceptors (Lipinski definition) is 6. The van der Waals surface area contributed by atoms with Crippen LogP contribution in [0.25, 0.3) is 10.9 Å². The molecule has 0 aliphatic carbocycles. The van der Waals surface area contributed by atoms with Crippen LogP contribution in [-0.4, -0.2) is 42.8 Å². The minimum absolute atomic E-state index is 0.0174. The highest BCUT2D eigenvalue weighted by Gasteiger charge is 2.15. The van der Waals surface area contributed by atoms with Crippen LogP contribution in [0.15, 0.2) is 23.1 Å². The van der Waals surface area contributed by atoms with E-state index in [0.717, 1.165) is 0 Å². The summed E-state index contributed by atoms with van der Waals surface area (Å²) < 4.78 is 37.5. The lowest BCUT2D eigenvalue weighted by molar-refractivity contribution is 0.210. The summed E-state index contributed by atoms with van der Waals surface area (Å²) in [5.41, 5.74) is 0.224. The molecule has 126 valence electrons. The SMILES string of the molecule is CCn1c(=O)c(CS(=O)(=O)O)cc2cnc(NCCOC)cc21. The molecule has 0 unspecified atom stereocenters. The van der Waals surface area contributed by atoms with Crippen LogP contribution in [0, 0.1) is 0 Å². The van der Waals surface area contributed by atoms with Gasteiger partial charge in [0.05, 0.1) is 12.1 Å². The zero-order valence-corrected chi connectivity index (χ0v) is 13.8. The molecule has 0 bridgehead atoms. The van der Waals surface area contributed by atoms with E-state index in [2.05, 4.69) is 10.3 Å². The van der Waals surface area contributed by atoms with Crippen LogP contribution in [-0.2, 0) is 27.2 Å². The minimum atomic E-state index is -4.28. The van der Waals surface area contributed by atoms with Gasteiger partial charge in [0.25, 0.3) is 15.7 Å². The fourth-order valence-corrected chi connectivity index (χ4v) is 2.92. The second kappa shape index (κ2) is 7.07. The van der Waals surface area contributed by atoms with Crippen molar-refractivity contribution in [1.82, 2.24) is 9.55 Å². The molecule has 2 aromatic heterocycles. The van der Waals surface area contributed by atoms with Crippen LogP contribution in [0.1, 0.15) is 12.5 Å². The lowest BCUT2D eigenvalue weighted by Gasteiger charge is -2.12. The van der Waals surface area contributed by atoms with Gasteiger partial charge in [-0.25, -0.2) is 4.98 Å². The van der Waals surface area contributed by atoms with Crippen molar-refractivity contribution < 1.29 is 17.7 Å². The molecule has 2 aromatic rings. The predicted molar refractivity (Wildman–Crippen MR) is 87.3 cm³/mol. The van der Waals surface area contributed by atoms with Crippen LogP contribution >= 0.6 is 0 Å². The Morgan fingerprint density at radius 3 is 2.74 bits per heavy atom. The zero-order valence-electron chi connectivity index (χ0n) is 12.9. The Kier molecular flexibility index (Phi) is 5.34. The summed E-state index contributed by atoms with van der Waals surface area (Å²) >= 11 is 0. The number of hydrogen-bond donors (Lipinski definition) is 2. The van der Waals surface area contributed by atoms with Crippen molar-refractivity contribution in [3.8, 4) is 0 Å². The average Bonchev–Trinajstić information content (AvgIpc) is 2.47. The van der Waals surface area contributed by atoms with E-state index in [4.69, 9.17) is 9.29 Å². The normalized spacial score (nSPS) is 11.8. The average molecular weight is 341 g/mol. The molecule has 0 fully saturated rings. The van der Waals surface area contributed by atoms with E-state index < -0.39 is 21.4 Å². The Labute approximate surface area is 133 Å². The van der Waals surface area contributed by atoms with Crippen LogP contribution in [0.3, 0.4) is 0 Å². The number of aromatic nitrogens is 2. The number of nitrogens with one attached hydrogen (secondary N) is 1. The van der Waals surface area contributed by atoms with Gasteiger partial charge in [0.15, 0.2) is 0 Å². The van der Waals surface area contributed by atoms with Crippen LogP contribution in [0.4, 0.5) is 5.82 Å². The molecule has 0 saturated carbocycles. The third-order valence-corrected chi connectivity index (χ3v) is 3.99. The highest BCUT2D eigenvalue weighted by molar-refractivity contribution is 7.85. The number of fused-ring (bicyclic) bond motifs is 1. The smallest absolute Gasteiger partial charge is 0.269 e. The van der Waals surface area contributed by atoms with Crippen LogP contribution in [0.2, 0.25) is 0 Å². The van der Waals surface area contributed by atoms with E-state index in [1.165, 1.54) is 10.6 Å². The third kappa shape index (κ3) is 4.27. The molecule has 0 amide bonds. The first kappa shape index (κ1) is 17.4. The number of ether oxygens (including phenoxy) is 1. The Hall–Kier alpha value is -1.97. The fraction of sp³-hybridized carbons (Fsp3) is 0.429. The minimum Gasteiger partial charge on any atom is -0.383 e. The topological polar surface area (TPSA) is 111 Å². The summed E-state index contributed by atoms with van der Waals surface area (Å²) in [5.74, 6) is -0.117.